The first-order chi connectivity index (χ1) is 17.3. The largest absolute Gasteiger partial charge is 0.496 e. The van der Waals surface area contributed by atoms with Crippen LogP contribution in [-0.2, 0) is 0 Å². The zero-order valence-electron chi connectivity index (χ0n) is 19.9. The Labute approximate surface area is 209 Å². The van der Waals surface area contributed by atoms with Crippen LogP contribution in [0.4, 0.5) is 0 Å². The molecular formula is C33H29OP. The van der Waals surface area contributed by atoms with Gasteiger partial charge in [-0.05, 0) is 42.2 Å². The van der Waals surface area contributed by atoms with E-state index in [4.69, 9.17) is 4.74 Å². The second-order valence-corrected chi connectivity index (χ2v) is 11.1. The lowest BCUT2D eigenvalue weighted by atomic mass is 9.85. The van der Waals surface area contributed by atoms with Crippen molar-refractivity contribution in [2.75, 3.05) is 7.11 Å². The van der Waals surface area contributed by atoms with Crippen molar-refractivity contribution in [1.29, 1.82) is 0 Å². The minimum Gasteiger partial charge on any atom is -0.496 e. The van der Waals surface area contributed by atoms with Crippen LogP contribution in [0.15, 0.2) is 140 Å². The maximum Gasteiger partial charge on any atom is 0.126 e. The Bertz CT molecular complexity index is 1300. The van der Waals surface area contributed by atoms with Gasteiger partial charge in [0.15, 0.2) is 0 Å². The van der Waals surface area contributed by atoms with Gasteiger partial charge in [-0.3, -0.25) is 0 Å². The van der Waals surface area contributed by atoms with E-state index in [1.54, 1.807) is 7.11 Å². The van der Waals surface area contributed by atoms with Crippen LogP contribution in [0.3, 0.4) is 0 Å². The van der Waals surface area contributed by atoms with Gasteiger partial charge in [0, 0.05) is 10.7 Å². The second kappa shape index (κ2) is 10.7. The third-order valence-corrected chi connectivity index (χ3v) is 9.48. The molecule has 2 heteroatoms. The molecule has 0 heterocycles. The van der Waals surface area contributed by atoms with Gasteiger partial charge < -0.3 is 4.74 Å². The third-order valence-electron chi connectivity index (χ3n) is 6.48. The number of methoxy groups -OCH3 is 1. The third kappa shape index (κ3) is 4.78. The van der Waals surface area contributed by atoms with E-state index in [0.29, 0.717) is 0 Å². The number of para-hydroxylation sites is 1. The van der Waals surface area contributed by atoms with Gasteiger partial charge in [-0.2, -0.15) is 0 Å². The monoisotopic (exact) mass is 472 g/mol. The molecule has 1 aliphatic carbocycles. The van der Waals surface area contributed by atoms with Gasteiger partial charge in [0.2, 0.25) is 0 Å². The minimum atomic E-state index is -0.774. The number of allylic oxidation sites excluding steroid dienone is 5. The molecule has 5 rings (SSSR count). The molecule has 4 aromatic rings. The highest BCUT2D eigenvalue weighted by molar-refractivity contribution is 7.75. The fourth-order valence-electron chi connectivity index (χ4n) is 4.87. The number of hydrogen-bond donors (Lipinski definition) is 0. The normalized spacial score (nSPS) is 17.5. The quantitative estimate of drug-likeness (QED) is 0.251. The summed E-state index contributed by atoms with van der Waals surface area (Å²) in [5, 5.41) is 2.51. The fourth-order valence-corrected chi connectivity index (χ4v) is 7.99. The van der Waals surface area contributed by atoms with Gasteiger partial charge in [0.25, 0.3) is 0 Å². The van der Waals surface area contributed by atoms with Crippen molar-refractivity contribution in [2.24, 2.45) is 0 Å². The predicted octanol–water partition coefficient (Wildman–Crippen LogP) is 7.62. The highest BCUT2D eigenvalue weighted by Crippen LogP contribution is 2.59. The second-order valence-electron chi connectivity index (χ2n) is 8.58. The highest BCUT2D eigenvalue weighted by atomic mass is 31.1. The van der Waals surface area contributed by atoms with Crippen molar-refractivity contribution in [2.45, 2.75) is 11.6 Å². The van der Waals surface area contributed by atoms with Crippen LogP contribution in [0.25, 0.3) is 11.6 Å². The molecule has 0 bridgehead atoms. The van der Waals surface area contributed by atoms with Crippen molar-refractivity contribution >= 4 is 30.2 Å². The Hall–Kier alpha value is -3.67. The summed E-state index contributed by atoms with van der Waals surface area (Å²) >= 11 is 0. The van der Waals surface area contributed by atoms with Gasteiger partial charge in [0.05, 0.1) is 7.11 Å². The molecule has 0 N–H and O–H groups in total. The first-order valence-corrected chi connectivity index (χ1v) is 13.3. The van der Waals surface area contributed by atoms with E-state index in [0.717, 1.165) is 17.7 Å². The van der Waals surface area contributed by atoms with Crippen LogP contribution in [-0.4, -0.2) is 12.3 Å². The average Bonchev–Trinajstić information content (AvgIpc) is 2.94. The molecule has 0 aliphatic heterocycles. The van der Waals surface area contributed by atoms with Crippen molar-refractivity contribution in [3.05, 3.63) is 151 Å². The molecule has 4 aromatic carbocycles. The topological polar surface area (TPSA) is 9.23 Å². The number of rotatable bonds is 7. The van der Waals surface area contributed by atoms with Crippen molar-refractivity contribution in [1.82, 2.24) is 0 Å². The summed E-state index contributed by atoms with van der Waals surface area (Å²) in [6, 6.07) is 41.1. The van der Waals surface area contributed by atoms with Gasteiger partial charge in [-0.15, -0.1) is 0 Å². The molecule has 172 valence electrons. The van der Waals surface area contributed by atoms with Crippen molar-refractivity contribution in [3.63, 3.8) is 0 Å². The molecule has 35 heavy (non-hydrogen) atoms. The van der Waals surface area contributed by atoms with E-state index < -0.39 is 7.92 Å². The van der Waals surface area contributed by atoms with E-state index >= 15 is 0 Å². The van der Waals surface area contributed by atoms with E-state index in [1.165, 1.54) is 21.7 Å². The van der Waals surface area contributed by atoms with Gasteiger partial charge in [-0.25, -0.2) is 0 Å². The van der Waals surface area contributed by atoms with Crippen LogP contribution in [0, 0.1) is 0 Å². The molecule has 0 spiro atoms. The van der Waals surface area contributed by atoms with E-state index in [2.05, 4.69) is 134 Å². The zero-order valence-corrected chi connectivity index (χ0v) is 20.8. The average molecular weight is 473 g/mol. The Morgan fingerprint density at radius 1 is 0.714 bits per heavy atom. The summed E-state index contributed by atoms with van der Waals surface area (Å²) in [6.07, 6.45) is 12.5. The Kier molecular flexibility index (Phi) is 7.07. The van der Waals surface area contributed by atoms with E-state index in [-0.39, 0.29) is 5.16 Å². The minimum absolute atomic E-state index is 0.227. The summed E-state index contributed by atoms with van der Waals surface area (Å²) in [5.41, 5.74) is 3.71. The molecule has 1 atom stereocenters. The van der Waals surface area contributed by atoms with E-state index in [1.807, 2.05) is 12.1 Å². The maximum absolute atomic E-state index is 5.68. The molecule has 0 aromatic heterocycles. The molecule has 1 unspecified atom stereocenters. The predicted molar refractivity (Wildman–Crippen MR) is 152 cm³/mol. The molecule has 0 radical (unpaired) electrons. The fraction of sp³-hybridized carbons (Fsp3) is 0.0909. The lowest BCUT2D eigenvalue weighted by molar-refractivity contribution is 0.414. The van der Waals surface area contributed by atoms with Crippen LogP contribution >= 0.6 is 7.92 Å². The summed E-state index contributed by atoms with van der Waals surface area (Å²) in [5.74, 6) is 0.888. The molecule has 1 aliphatic rings. The summed E-state index contributed by atoms with van der Waals surface area (Å²) < 4.78 is 5.68. The number of benzene rings is 4. The smallest absolute Gasteiger partial charge is 0.126 e. The Morgan fingerprint density at radius 2 is 1.29 bits per heavy atom. The molecule has 0 amide bonds. The highest BCUT2D eigenvalue weighted by Gasteiger charge is 2.42. The maximum atomic E-state index is 5.68. The summed E-state index contributed by atoms with van der Waals surface area (Å²) in [7, 11) is 0.964. The zero-order chi connectivity index (χ0) is 23.9. The molecule has 0 saturated heterocycles. The van der Waals surface area contributed by atoms with Crippen LogP contribution < -0.4 is 15.3 Å². The lowest BCUT2D eigenvalue weighted by Gasteiger charge is -2.43. The molecule has 0 saturated carbocycles. The summed E-state index contributed by atoms with van der Waals surface area (Å²) in [4.78, 5) is 0. The van der Waals surface area contributed by atoms with Crippen molar-refractivity contribution in [3.8, 4) is 5.75 Å². The first-order valence-electron chi connectivity index (χ1n) is 12.0. The van der Waals surface area contributed by atoms with Crippen LogP contribution in [0.2, 0.25) is 0 Å². The first kappa shape index (κ1) is 23.1. The van der Waals surface area contributed by atoms with Gasteiger partial charge in [0.1, 0.15) is 5.75 Å². The number of hydrogen-bond acceptors (Lipinski definition) is 1. The van der Waals surface area contributed by atoms with Crippen LogP contribution in [0.5, 0.6) is 5.75 Å². The Morgan fingerprint density at radius 3 is 1.91 bits per heavy atom. The Balaban J connectivity index is 1.77. The van der Waals surface area contributed by atoms with Gasteiger partial charge >= 0.3 is 0 Å². The van der Waals surface area contributed by atoms with E-state index in [9.17, 15) is 0 Å². The molecule has 0 fully saturated rings. The summed E-state index contributed by atoms with van der Waals surface area (Å²) in [6.45, 7) is 0. The molecular weight excluding hydrogens is 443 g/mol. The lowest BCUT2D eigenvalue weighted by Crippen LogP contribution is -2.35. The SMILES string of the molecule is COc1ccccc1C=CC1(P(c2ccccc2)c2ccccc2)CC=CC=C1c1ccccc1. The number of ether oxygens (including phenoxy) is 1. The molecule has 1 nitrogen and oxygen atoms in total. The van der Waals surface area contributed by atoms with Crippen LogP contribution in [0.1, 0.15) is 17.5 Å². The van der Waals surface area contributed by atoms with Gasteiger partial charge in [-0.1, -0.05) is 140 Å². The standard InChI is InChI=1S/C33H29OP/c1-34-32-23-12-11-17-28(32)24-26-33(25-14-13-22-31(33)27-15-5-2-6-16-27)35(29-18-7-3-8-19-29)30-20-9-4-10-21-30/h2-24,26H,25H2,1H3. The van der Waals surface area contributed by atoms with Crippen molar-refractivity contribution < 1.29 is 4.74 Å².